The van der Waals surface area contributed by atoms with Crippen LogP contribution in [0, 0.1) is 0 Å². The number of aromatic hydroxyl groups is 1. The quantitative estimate of drug-likeness (QED) is 0.578. The number of nitrogens with one attached hydrogen (secondary N) is 2. The van der Waals surface area contributed by atoms with Gasteiger partial charge in [0, 0.05) is 48.5 Å². The average Bonchev–Trinajstić information content (AvgIpc) is 2.76. The first kappa shape index (κ1) is 22.5. The number of carbonyl (C=O) groups excluding carboxylic acids is 3. The van der Waals surface area contributed by atoms with Gasteiger partial charge in [0.25, 0.3) is 5.91 Å². The van der Waals surface area contributed by atoms with Gasteiger partial charge in [0.2, 0.25) is 5.91 Å². The molecule has 0 unspecified atom stereocenters. The van der Waals surface area contributed by atoms with Crippen molar-refractivity contribution in [3.05, 3.63) is 52.8 Å². The lowest BCUT2D eigenvalue weighted by molar-refractivity contribution is -0.152. The fraction of sp³-hybridized carbons (Fsp3) is 0.333. The highest BCUT2D eigenvalue weighted by molar-refractivity contribution is 6.30. The highest BCUT2D eigenvalue weighted by Gasteiger charge is 2.43. The zero-order valence-corrected chi connectivity index (χ0v) is 17.6. The number of halogens is 1. The summed E-state index contributed by atoms with van der Waals surface area (Å²) in [7, 11) is 1.26. The lowest BCUT2D eigenvalue weighted by Gasteiger charge is -2.34. The number of aromatic nitrogens is 1. The van der Waals surface area contributed by atoms with E-state index < -0.39 is 23.3 Å². The van der Waals surface area contributed by atoms with Gasteiger partial charge in [-0.05, 0) is 30.3 Å². The van der Waals surface area contributed by atoms with Crippen LogP contribution in [0.3, 0.4) is 0 Å². The van der Waals surface area contributed by atoms with E-state index >= 15 is 0 Å². The smallest absolute Gasteiger partial charge is 0.331 e. The molecule has 0 atom stereocenters. The Morgan fingerprint density at radius 2 is 1.97 bits per heavy atom. The normalized spacial score (nSPS) is 15.0. The Morgan fingerprint density at radius 3 is 2.68 bits per heavy atom. The Morgan fingerprint density at radius 1 is 1.23 bits per heavy atom. The van der Waals surface area contributed by atoms with Crippen molar-refractivity contribution in [2.24, 2.45) is 0 Å². The predicted octanol–water partition coefficient (Wildman–Crippen LogP) is 2.07. The fourth-order valence-electron chi connectivity index (χ4n) is 3.28. The molecule has 10 heteroatoms. The summed E-state index contributed by atoms with van der Waals surface area (Å²) in [5.41, 5.74) is -0.449. The number of benzene rings is 1. The predicted molar refractivity (Wildman–Crippen MR) is 112 cm³/mol. The molecule has 1 aliphatic rings. The number of nitrogens with zero attached hydrogens (tertiary/aromatic N) is 1. The molecule has 0 spiro atoms. The topological polar surface area (TPSA) is 127 Å². The van der Waals surface area contributed by atoms with E-state index in [0.717, 1.165) is 0 Å². The SMILES string of the molecule is COC(=O)C1(NC(=O)c2cc(NC(=O)Cc3cc(Cl)ccc3O)ccn2)CCOCC1. The lowest BCUT2D eigenvalue weighted by atomic mass is 9.90. The minimum atomic E-state index is -1.19. The van der Waals surface area contributed by atoms with Crippen LogP contribution < -0.4 is 10.6 Å². The average molecular weight is 448 g/mol. The van der Waals surface area contributed by atoms with E-state index in [0.29, 0.717) is 29.5 Å². The number of carbonyl (C=O) groups is 3. The second kappa shape index (κ2) is 9.76. The Balaban J connectivity index is 1.70. The van der Waals surface area contributed by atoms with Gasteiger partial charge in [-0.15, -0.1) is 0 Å². The number of rotatable bonds is 6. The van der Waals surface area contributed by atoms with Gasteiger partial charge in [-0.25, -0.2) is 4.79 Å². The lowest BCUT2D eigenvalue weighted by Crippen LogP contribution is -2.58. The zero-order chi connectivity index (χ0) is 22.4. The van der Waals surface area contributed by atoms with Crippen LogP contribution in [-0.2, 0) is 25.5 Å². The largest absolute Gasteiger partial charge is 0.508 e. The third-order valence-corrected chi connectivity index (χ3v) is 5.18. The maximum atomic E-state index is 12.8. The monoisotopic (exact) mass is 447 g/mol. The molecule has 0 saturated carbocycles. The molecule has 1 saturated heterocycles. The zero-order valence-electron chi connectivity index (χ0n) is 16.8. The van der Waals surface area contributed by atoms with E-state index in [1.54, 1.807) is 0 Å². The molecule has 0 bridgehead atoms. The van der Waals surface area contributed by atoms with E-state index in [2.05, 4.69) is 15.6 Å². The molecule has 2 aromatic rings. The van der Waals surface area contributed by atoms with E-state index in [1.165, 1.54) is 43.6 Å². The van der Waals surface area contributed by atoms with Crippen molar-refractivity contribution in [1.82, 2.24) is 10.3 Å². The number of hydrogen-bond donors (Lipinski definition) is 3. The summed E-state index contributed by atoms with van der Waals surface area (Å²) >= 11 is 5.90. The number of hydrogen-bond acceptors (Lipinski definition) is 7. The minimum absolute atomic E-state index is 0.0261. The Labute approximate surface area is 183 Å². The van der Waals surface area contributed by atoms with Gasteiger partial charge in [-0.3, -0.25) is 14.6 Å². The van der Waals surface area contributed by atoms with Crippen LogP contribution in [0.25, 0.3) is 0 Å². The molecule has 0 aliphatic carbocycles. The van der Waals surface area contributed by atoms with Crippen molar-refractivity contribution in [2.45, 2.75) is 24.8 Å². The van der Waals surface area contributed by atoms with Gasteiger partial charge in [0.05, 0.1) is 13.5 Å². The Hall–Kier alpha value is -3.17. The first-order chi connectivity index (χ1) is 14.8. The Bertz CT molecular complexity index is 991. The molecule has 1 aliphatic heterocycles. The summed E-state index contributed by atoms with van der Waals surface area (Å²) in [5.74, 6) is -1.57. The van der Waals surface area contributed by atoms with Crippen molar-refractivity contribution in [3.8, 4) is 5.75 Å². The number of anilines is 1. The molecule has 31 heavy (non-hydrogen) atoms. The first-order valence-electron chi connectivity index (χ1n) is 9.55. The van der Waals surface area contributed by atoms with Crippen LogP contribution in [0.2, 0.25) is 5.02 Å². The molecular formula is C21H22ClN3O6. The molecule has 164 valence electrons. The fourth-order valence-corrected chi connectivity index (χ4v) is 3.48. The van der Waals surface area contributed by atoms with Crippen LogP contribution in [0.4, 0.5) is 5.69 Å². The third kappa shape index (κ3) is 5.50. The van der Waals surface area contributed by atoms with Crippen LogP contribution >= 0.6 is 11.6 Å². The van der Waals surface area contributed by atoms with Gasteiger partial charge in [-0.2, -0.15) is 0 Å². The molecule has 9 nitrogen and oxygen atoms in total. The second-order valence-corrected chi connectivity index (χ2v) is 7.50. The van der Waals surface area contributed by atoms with E-state index in [9.17, 15) is 19.5 Å². The number of methoxy groups -OCH3 is 1. The molecule has 1 aromatic heterocycles. The standard InChI is InChI=1S/C21H22ClN3O6/c1-30-20(29)21(5-8-31-9-6-21)25-19(28)16-12-15(4-7-23-16)24-18(27)11-13-10-14(22)2-3-17(13)26/h2-4,7,10,12,26H,5-6,8-9,11H2,1H3,(H,25,28)(H,23,24,27). The summed E-state index contributed by atoms with van der Waals surface area (Å²) < 4.78 is 10.2. The van der Waals surface area contributed by atoms with Crippen molar-refractivity contribution in [2.75, 3.05) is 25.6 Å². The van der Waals surface area contributed by atoms with Crippen LogP contribution in [-0.4, -0.2) is 53.7 Å². The van der Waals surface area contributed by atoms with Crippen molar-refractivity contribution in [3.63, 3.8) is 0 Å². The number of phenolic OH excluding ortho intramolecular Hbond substituents is 1. The first-order valence-corrected chi connectivity index (χ1v) is 9.93. The van der Waals surface area contributed by atoms with E-state index in [1.807, 2.05) is 0 Å². The summed E-state index contributed by atoms with van der Waals surface area (Å²) in [6.07, 6.45) is 1.83. The maximum absolute atomic E-state index is 12.8. The molecule has 1 aromatic carbocycles. The minimum Gasteiger partial charge on any atom is -0.508 e. The van der Waals surface area contributed by atoms with Crippen molar-refractivity contribution in [1.29, 1.82) is 0 Å². The molecule has 2 amide bonds. The third-order valence-electron chi connectivity index (χ3n) is 4.94. The van der Waals surface area contributed by atoms with Gasteiger partial charge in [0.15, 0.2) is 0 Å². The molecule has 2 heterocycles. The van der Waals surface area contributed by atoms with E-state index in [4.69, 9.17) is 21.1 Å². The Kier molecular flexibility index (Phi) is 7.09. The summed E-state index contributed by atoms with van der Waals surface area (Å²) in [4.78, 5) is 41.5. The van der Waals surface area contributed by atoms with Gasteiger partial charge < -0.3 is 25.2 Å². The molecule has 3 rings (SSSR count). The van der Waals surface area contributed by atoms with Gasteiger partial charge in [0.1, 0.15) is 17.0 Å². The van der Waals surface area contributed by atoms with Crippen LogP contribution in [0.1, 0.15) is 28.9 Å². The molecule has 3 N–H and O–H groups in total. The maximum Gasteiger partial charge on any atom is 0.331 e. The highest BCUT2D eigenvalue weighted by Crippen LogP contribution is 2.24. The molecule has 1 fully saturated rings. The summed E-state index contributed by atoms with van der Waals surface area (Å²) in [5, 5.41) is 15.6. The second-order valence-electron chi connectivity index (χ2n) is 7.07. The van der Waals surface area contributed by atoms with E-state index in [-0.39, 0.29) is 30.7 Å². The molecular weight excluding hydrogens is 426 g/mol. The van der Waals surface area contributed by atoms with Crippen LogP contribution in [0.15, 0.2) is 36.5 Å². The number of phenols is 1. The van der Waals surface area contributed by atoms with Gasteiger partial charge in [-0.1, -0.05) is 11.6 Å². The van der Waals surface area contributed by atoms with Crippen molar-refractivity contribution >= 4 is 35.1 Å². The van der Waals surface area contributed by atoms with Crippen LogP contribution in [0.5, 0.6) is 5.75 Å². The highest BCUT2D eigenvalue weighted by atomic mass is 35.5. The number of ether oxygens (including phenoxy) is 2. The number of pyridine rings is 1. The number of esters is 1. The summed E-state index contributed by atoms with van der Waals surface area (Å²) in [6.45, 7) is 0.629. The summed E-state index contributed by atoms with van der Waals surface area (Å²) in [6, 6.07) is 7.35. The number of amides is 2. The molecule has 0 radical (unpaired) electrons. The van der Waals surface area contributed by atoms with Gasteiger partial charge >= 0.3 is 5.97 Å². The van der Waals surface area contributed by atoms with Crippen molar-refractivity contribution < 1.29 is 29.0 Å².